The van der Waals surface area contributed by atoms with Crippen LogP contribution in [0.2, 0.25) is 0 Å². The number of hydrogen-bond donors (Lipinski definition) is 0. The molecule has 0 atom stereocenters. The van der Waals surface area contributed by atoms with Gasteiger partial charge in [-0.25, -0.2) is 0 Å². The highest BCUT2D eigenvalue weighted by Gasteiger charge is 2.38. The summed E-state index contributed by atoms with van der Waals surface area (Å²) in [6.07, 6.45) is 0. The molecular formula is C7H14O3. The molecular weight excluding hydrogens is 132 g/mol. The first-order valence-corrected chi connectivity index (χ1v) is 3.39. The van der Waals surface area contributed by atoms with Gasteiger partial charge < -0.3 is 14.2 Å². The van der Waals surface area contributed by atoms with Gasteiger partial charge in [0.25, 0.3) is 0 Å². The first-order chi connectivity index (χ1) is 4.83. The molecule has 0 N–H and O–H groups in total. The number of hydrogen-bond acceptors (Lipinski definition) is 3. The molecule has 0 aromatic rings. The van der Waals surface area contributed by atoms with E-state index in [-0.39, 0.29) is 5.41 Å². The van der Waals surface area contributed by atoms with Gasteiger partial charge in [0.2, 0.25) is 0 Å². The molecule has 1 aliphatic heterocycles. The highest BCUT2D eigenvalue weighted by Crippen LogP contribution is 2.27. The SMILES string of the molecule is COCC1(COC)COC1. The Hall–Kier alpha value is -0.120. The molecule has 1 aliphatic rings. The fourth-order valence-electron chi connectivity index (χ4n) is 1.21. The van der Waals surface area contributed by atoms with Crippen molar-refractivity contribution in [1.29, 1.82) is 0 Å². The van der Waals surface area contributed by atoms with E-state index in [2.05, 4.69) is 0 Å². The molecule has 0 aromatic heterocycles. The van der Waals surface area contributed by atoms with Crippen LogP contribution in [0.1, 0.15) is 0 Å². The van der Waals surface area contributed by atoms with Crippen LogP contribution in [0.15, 0.2) is 0 Å². The van der Waals surface area contributed by atoms with E-state index in [1.165, 1.54) is 0 Å². The summed E-state index contributed by atoms with van der Waals surface area (Å²) in [5, 5.41) is 0. The minimum absolute atomic E-state index is 0.156. The molecule has 3 heteroatoms. The van der Waals surface area contributed by atoms with Crippen LogP contribution in [-0.4, -0.2) is 40.6 Å². The number of rotatable bonds is 4. The number of ether oxygens (including phenoxy) is 3. The summed E-state index contributed by atoms with van der Waals surface area (Å²) in [6.45, 7) is 3.02. The largest absolute Gasteiger partial charge is 0.384 e. The van der Waals surface area contributed by atoms with Crippen LogP contribution >= 0.6 is 0 Å². The molecule has 0 saturated carbocycles. The van der Waals surface area contributed by atoms with Gasteiger partial charge in [-0.15, -0.1) is 0 Å². The summed E-state index contributed by atoms with van der Waals surface area (Å²) in [5.74, 6) is 0. The average Bonchev–Trinajstić information content (AvgIpc) is 1.84. The van der Waals surface area contributed by atoms with Gasteiger partial charge in [-0.1, -0.05) is 0 Å². The van der Waals surface area contributed by atoms with E-state index in [0.29, 0.717) is 0 Å². The topological polar surface area (TPSA) is 27.7 Å². The molecule has 0 aliphatic carbocycles. The van der Waals surface area contributed by atoms with Gasteiger partial charge in [-0.2, -0.15) is 0 Å². The summed E-state index contributed by atoms with van der Waals surface area (Å²) in [5.41, 5.74) is 0.156. The van der Waals surface area contributed by atoms with Crippen molar-refractivity contribution >= 4 is 0 Å². The van der Waals surface area contributed by atoms with Crippen LogP contribution in [0.4, 0.5) is 0 Å². The van der Waals surface area contributed by atoms with E-state index in [0.717, 1.165) is 26.4 Å². The van der Waals surface area contributed by atoms with Gasteiger partial charge in [-0.3, -0.25) is 0 Å². The maximum atomic E-state index is 5.08. The van der Waals surface area contributed by atoms with Crippen LogP contribution in [0, 0.1) is 5.41 Å². The maximum Gasteiger partial charge on any atom is 0.0637 e. The van der Waals surface area contributed by atoms with Crippen LogP contribution in [-0.2, 0) is 14.2 Å². The fraction of sp³-hybridized carbons (Fsp3) is 1.00. The monoisotopic (exact) mass is 146 g/mol. The molecule has 1 saturated heterocycles. The quantitative estimate of drug-likeness (QED) is 0.570. The van der Waals surface area contributed by atoms with E-state index in [1.54, 1.807) is 14.2 Å². The van der Waals surface area contributed by atoms with Gasteiger partial charge in [0.15, 0.2) is 0 Å². The van der Waals surface area contributed by atoms with Gasteiger partial charge in [0.1, 0.15) is 0 Å². The van der Waals surface area contributed by atoms with E-state index in [1.807, 2.05) is 0 Å². The third kappa shape index (κ3) is 1.48. The van der Waals surface area contributed by atoms with Gasteiger partial charge >= 0.3 is 0 Å². The van der Waals surface area contributed by atoms with Crippen LogP contribution in [0.25, 0.3) is 0 Å². The Bertz CT molecular complexity index is 91.0. The minimum atomic E-state index is 0.156. The van der Waals surface area contributed by atoms with E-state index in [9.17, 15) is 0 Å². The Morgan fingerprint density at radius 3 is 1.90 bits per heavy atom. The molecule has 3 nitrogen and oxygen atoms in total. The molecule has 60 valence electrons. The molecule has 0 spiro atoms. The molecule has 0 bridgehead atoms. The van der Waals surface area contributed by atoms with Crippen molar-refractivity contribution in [2.24, 2.45) is 5.41 Å². The first-order valence-electron chi connectivity index (χ1n) is 3.39. The lowest BCUT2D eigenvalue weighted by molar-refractivity contribution is -0.168. The molecule has 0 radical (unpaired) electrons. The summed E-state index contributed by atoms with van der Waals surface area (Å²) < 4.78 is 15.2. The van der Waals surface area contributed by atoms with Crippen molar-refractivity contribution in [1.82, 2.24) is 0 Å². The standard InChI is InChI=1S/C7H14O3/c1-8-3-7(4-9-2)5-10-6-7/h3-6H2,1-2H3. The molecule has 1 rings (SSSR count). The highest BCUT2D eigenvalue weighted by atomic mass is 16.5. The Kier molecular flexibility index (Phi) is 2.65. The highest BCUT2D eigenvalue weighted by molar-refractivity contribution is 4.84. The van der Waals surface area contributed by atoms with Crippen molar-refractivity contribution in [3.8, 4) is 0 Å². The van der Waals surface area contributed by atoms with Crippen molar-refractivity contribution in [3.05, 3.63) is 0 Å². The van der Waals surface area contributed by atoms with Crippen LogP contribution in [0.5, 0.6) is 0 Å². The van der Waals surface area contributed by atoms with Crippen molar-refractivity contribution in [2.45, 2.75) is 0 Å². The summed E-state index contributed by atoms with van der Waals surface area (Å²) >= 11 is 0. The zero-order valence-electron chi connectivity index (χ0n) is 6.55. The Morgan fingerprint density at radius 1 is 1.20 bits per heavy atom. The molecule has 10 heavy (non-hydrogen) atoms. The van der Waals surface area contributed by atoms with Crippen molar-refractivity contribution < 1.29 is 14.2 Å². The van der Waals surface area contributed by atoms with Crippen molar-refractivity contribution in [2.75, 3.05) is 40.6 Å². The second-order valence-corrected chi connectivity index (χ2v) is 2.86. The predicted octanol–water partition coefficient (Wildman–Crippen LogP) is 0.296. The van der Waals surface area contributed by atoms with Crippen LogP contribution in [0.3, 0.4) is 0 Å². The smallest absolute Gasteiger partial charge is 0.0637 e. The van der Waals surface area contributed by atoms with E-state index in [4.69, 9.17) is 14.2 Å². The van der Waals surface area contributed by atoms with Gasteiger partial charge in [0.05, 0.1) is 31.8 Å². The summed E-state index contributed by atoms with van der Waals surface area (Å²) in [7, 11) is 3.41. The minimum Gasteiger partial charge on any atom is -0.384 e. The third-order valence-corrected chi connectivity index (χ3v) is 1.72. The lowest BCUT2D eigenvalue weighted by Gasteiger charge is -2.39. The lowest BCUT2D eigenvalue weighted by atomic mass is 9.88. The average molecular weight is 146 g/mol. The molecule has 1 fully saturated rings. The Labute approximate surface area is 61.3 Å². The van der Waals surface area contributed by atoms with E-state index < -0.39 is 0 Å². The maximum absolute atomic E-state index is 5.08. The molecule has 1 heterocycles. The van der Waals surface area contributed by atoms with E-state index >= 15 is 0 Å². The summed E-state index contributed by atoms with van der Waals surface area (Å²) in [6, 6.07) is 0. The molecule has 0 aromatic carbocycles. The Morgan fingerprint density at radius 2 is 1.70 bits per heavy atom. The second-order valence-electron chi connectivity index (χ2n) is 2.86. The first kappa shape index (κ1) is 7.98. The normalized spacial score (nSPS) is 22.2. The van der Waals surface area contributed by atoms with Crippen LogP contribution < -0.4 is 0 Å². The van der Waals surface area contributed by atoms with Gasteiger partial charge in [-0.05, 0) is 0 Å². The zero-order valence-corrected chi connectivity index (χ0v) is 6.55. The molecule has 0 unspecified atom stereocenters. The van der Waals surface area contributed by atoms with Crippen molar-refractivity contribution in [3.63, 3.8) is 0 Å². The fourth-order valence-corrected chi connectivity index (χ4v) is 1.21. The summed E-state index contributed by atoms with van der Waals surface area (Å²) in [4.78, 5) is 0. The third-order valence-electron chi connectivity index (χ3n) is 1.72. The Balaban J connectivity index is 2.27. The zero-order chi connectivity index (χ0) is 7.45. The lowest BCUT2D eigenvalue weighted by Crippen LogP contribution is -2.49. The number of methoxy groups -OCH3 is 2. The predicted molar refractivity (Wildman–Crippen MR) is 37.0 cm³/mol. The second kappa shape index (κ2) is 3.32. The molecule has 0 amide bonds. The van der Waals surface area contributed by atoms with Gasteiger partial charge in [0, 0.05) is 14.2 Å².